The molecule has 0 aromatic heterocycles. The van der Waals surface area contributed by atoms with Crippen molar-refractivity contribution >= 4 is 29.2 Å². The summed E-state index contributed by atoms with van der Waals surface area (Å²) in [6, 6.07) is 3.56. The van der Waals surface area contributed by atoms with E-state index in [1.165, 1.54) is 4.90 Å². The van der Waals surface area contributed by atoms with E-state index in [1.54, 1.807) is 12.1 Å². The second-order valence-corrected chi connectivity index (χ2v) is 5.92. The number of halogens is 1. The summed E-state index contributed by atoms with van der Waals surface area (Å²) in [4.78, 5) is 24.8. The van der Waals surface area contributed by atoms with Gasteiger partial charge in [0, 0.05) is 6.54 Å². The molecular weight excluding hydrogens is 294 g/mol. The molecule has 0 unspecified atom stereocenters. The van der Waals surface area contributed by atoms with E-state index < -0.39 is 12.1 Å². The number of aliphatic carboxylic acids is 1. The highest BCUT2D eigenvalue weighted by atomic mass is 35.5. The summed E-state index contributed by atoms with van der Waals surface area (Å²) in [5.74, 6) is -0.752. The van der Waals surface area contributed by atoms with E-state index in [9.17, 15) is 9.59 Å². The summed E-state index contributed by atoms with van der Waals surface area (Å²) in [5.41, 5.74) is 1.43. The summed E-state index contributed by atoms with van der Waals surface area (Å²) < 4.78 is 5.76. The molecule has 1 aliphatic rings. The number of hydrogen-bond donors (Lipinski definition) is 1. The molecule has 0 spiro atoms. The molecule has 2 rings (SSSR count). The van der Waals surface area contributed by atoms with Gasteiger partial charge in [-0.25, -0.2) is 0 Å². The number of amides is 1. The molecule has 1 aromatic rings. The molecule has 1 aliphatic heterocycles. The maximum Gasteiger partial charge on any atom is 0.305 e. The smallest absolute Gasteiger partial charge is 0.305 e. The van der Waals surface area contributed by atoms with Gasteiger partial charge in [-0.05, 0) is 30.5 Å². The Kier molecular flexibility index (Phi) is 4.42. The van der Waals surface area contributed by atoms with Gasteiger partial charge >= 0.3 is 5.97 Å². The maximum absolute atomic E-state index is 12.5. The van der Waals surface area contributed by atoms with E-state index in [4.69, 9.17) is 21.4 Å². The van der Waals surface area contributed by atoms with Crippen LogP contribution in [-0.2, 0) is 9.59 Å². The Morgan fingerprint density at radius 1 is 1.48 bits per heavy atom. The van der Waals surface area contributed by atoms with E-state index in [-0.39, 0.29) is 24.8 Å². The van der Waals surface area contributed by atoms with Gasteiger partial charge in [0.15, 0.2) is 11.9 Å². The van der Waals surface area contributed by atoms with Crippen molar-refractivity contribution in [1.82, 2.24) is 0 Å². The van der Waals surface area contributed by atoms with Crippen molar-refractivity contribution < 1.29 is 19.4 Å². The molecular formula is C15H18ClNO4. The number of anilines is 1. The van der Waals surface area contributed by atoms with Gasteiger partial charge < -0.3 is 14.7 Å². The minimum absolute atomic E-state index is 0.0321. The van der Waals surface area contributed by atoms with E-state index in [0.717, 1.165) is 5.56 Å². The number of nitrogens with zero attached hydrogens (tertiary/aromatic N) is 1. The topological polar surface area (TPSA) is 66.8 Å². The molecule has 1 amide bonds. The van der Waals surface area contributed by atoms with Gasteiger partial charge in [-0.15, -0.1) is 0 Å². The quantitative estimate of drug-likeness (QED) is 0.928. The molecule has 1 atom stereocenters. The second kappa shape index (κ2) is 5.93. The lowest BCUT2D eigenvalue weighted by Crippen LogP contribution is -2.49. The molecule has 5 nitrogen and oxygen atoms in total. The summed E-state index contributed by atoms with van der Waals surface area (Å²) in [6.45, 7) is 5.73. The lowest BCUT2D eigenvalue weighted by molar-refractivity contribution is -0.136. The van der Waals surface area contributed by atoms with Crippen molar-refractivity contribution in [3.05, 3.63) is 22.7 Å². The molecule has 1 aromatic carbocycles. The van der Waals surface area contributed by atoms with Crippen LogP contribution in [0.25, 0.3) is 0 Å². The van der Waals surface area contributed by atoms with Crippen LogP contribution >= 0.6 is 11.6 Å². The molecule has 0 saturated carbocycles. The van der Waals surface area contributed by atoms with Crippen LogP contribution in [0.15, 0.2) is 12.1 Å². The average molecular weight is 312 g/mol. The first-order valence-corrected chi connectivity index (χ1v) is 7.19. The van der Waals surface area contributed by atoms with E-state index >= 15 is 0 Å². The van der Waals surface area contributed by atoms with Crippen molar-refractivity contribution in [2.24, 2.45) is 5.92 Å². The zero-order valence-corrected chi connectivity index (χ0v) is 13.0. The Hall–Kier alpha value is -1.75. The number of carboxylic acids is 1. The lowest BCUT2D eigenvalue weighted by atomic mass is 10.0. The summed E-state index contributed by atoms with van der Waals surface area (Å²) in [7, 11) is 0. The Bertz CT molecular complexity index is 585. The highest BCUT2D eigenvalue weighted by molar-refractivity contribution is 6.33. The number of aryl methyl sites for hydroxylation is 1. The Labute approximate surface area is 128 Å². The number of carboxylic acid groups (broad SMARTS) is 1. The number of ether oxygens (including phenoxy) is 1. The lowest BCUT2D eigenvalue weighted by Gasteiger charge is -2.36. The molecule has 0 aliphatic carbocycles. The minimum Gasteiger partial charge on any atom is -0.481 e. The first kappa shape index (κ1) is 15.6. The number of rotatable bonds is 4. The zero-order chi connectivity index (χ0) is 15.7. The first-order chi connectivity index (χ1) is 9.81. The van der Waals surface area contributed by atoms with Crippen LogP contribution < -0.4 is 9.64 Å². The first-order valence-electron chi connectivity index (χ1n) is 6.81. The minimum atomic E-state index is -0.948. The number of hydrogen-bond acceptors (Lipinski definition) is 3. The van der Waals surface area contributed by atoms with Crippen LogP contribution in [0.2, 0.25) is 5.02 Å². The third kappa shape index (κ3) is 3.13. The van der Waals surface area contributed by atoms with Crippen LogP contribution in [0.1, 0.15) is 25.8 Å². The van der Waals surface area contributed by atoms with Gasteiger partial charge in [0.2, 0.25) is 0 Å². The van der Waals surface area contributed by atoms with Gasteiger partial charge in [0.25, 0.3) is 5.91 Å². The Morgan fingerprint density at radius 2 is 2.14 bits per heavy atom. The molecule has 1 heterocycles. The number of fused-ring (bicyclic) bond motifs is 1. The zero-order valence-electron chi connectivity index (χ0n) is 12.2. The fraction of sp³-hybridized carbons (Fsp3) is 0.467. The Balaban J connectivity index is 2.46. The molecule has 1 N–H and O–H groups in total. The Morgan fingerprint density at radius 3 is 2.71 bits per heavy atom. The summed E-state index contributed by atoms with van der Waals surface area (Å²) in [5, 5.41) is 9.30. The molecule has 21 heavy (non-hydrogen) atoms. The van der Waals surface area contributed by atoms with Crippen molar-refractivity contribution in [1.29, 1.82) is 0 Å². The van der Waals surface area contributed by atoms with Crippen molar-refractivity contribution in [2.75, 3.05) is 11.4 Å². The predicted octanol–water partition coefficient (Wildman–Crippen LogP) is 2.87. The van der Waals surface area contributed by atoms with Gasteiger partial charge in [0.1, 0.15) is 0 Å². The largest absolute Gasteiger partial charge is 0.481 e. The van der Waals surface area contributed by atoms with Crippen LogP contribution in [0.3, 0.4) is 0 Å². The van der Waals surface area contributed by atoms with Crippen LogP contribution in [-0.4, -0.2) is 29.6 Å². The highest BCUT2D eigenvalue weighted by Crippen LogP contribution is 2.42. The summed E-state index contributed by atoms with van der Waals surface area (Å²) >= 11 is 6.21. The molecule has 0 radical (unpaired) electrons. The third-order valence-electron chi connectivity index (χ3n) is 3.37. The van der Waals surface area contributed by atoms with Gasteiger partial charge in [0.05, 0.1) is 17.1 Å². The van der Waals surface area contributed by atoms with E-state index in [2.05, 4.69) is 0 Å². The van der Waals surface area contributed by atoms with Crippen molar-refractivity contribution in [3.8, 4) is 5.75 Å². The fourth-order valence-electron chi connectivity index (χ4n) is 2.34. The highest BCUT2D eigenvalue weighted by Gasteiger charge is 2.37. The van der Waals surface area contributed by atoms with E-state index in [1.807, 2.05) is 20.8 Å². The van der Waals surface area contributed by atoms with E-state index in [0.29, 0.717) is 16.5 Å². The van der Waals surface area contributed by atoms with Gasteiger partial charge in [-0.1, -0.05) is 25.4 Å². The fourth-order valence-corrected chi connectivity index (χ4v) is 2.65. The van der Waals surface area contributed by atoms with Crippen LogP contribution in [0.5, 0.6) is 5.75 Å². The van der Waals surface area contributed by atoms with Gasteiger partial charge in [-0.3, -0.25) is 9.59 Å². The van der Waals surface area contributed by atoms with Crippen LogP contribution in [0.4, 0.5) is 5.69 Å². The monoisotopic (exact) mass is 311 g/mol. The van der Waals surface area contributed by atoms with Crippen molar-refractivity contribution in [3.63, 3.8) is 0 Å². The van der Waals surface area contributed by atoms with Gasteiger partial charge in [-0.2, -0.15) is 0 Å². The summed E-state index contributed by atoms with van der Waals surface area (Å²) in [6.07, 6.45) is -0.770. The predicted molar refractivity (Wildman–Crippen MR) is 80.0 cm³/mol. The maximum atomic E-state index is 12.5. The number of carbonyl (C=O) groups is 2. The third-order valence-corrected chi connectivity index (χ3v) is 3.65. The SMILES string of the molecule is Cc1cc(Cl)c2c(c1)N(CCC(=O)O)C(=O)[C@H](C(C)C)O2. The van der Waals surface area contributed by atoms with Crippen molar-refractivity contribution in [2.45, 2.75) is 33.3 Å². The average Bonchev–Trinajstić information content (AvgIpc) is 2.36. The normalized spacial score (nSPS) is 17.7. The number of carbonyl (C=O) groups excluding carboxylic acids is 1. The second-order valence-electron chi connectivity index (χ2n) is 5.51. The standard InChI is InChI=1S/C15H18ClNO4/c1-8(2)13-15(20)17(5-4-12(18)19)11-7-9(3)6-10(16)14(11)21-13/h6-8,13H,4-5H2,1-3H3,(H,18,19)/t13-/m0/s1. The molecule has 6 heteroatoms. The molecule has 0 saturated heterocycles. The number of benzene rings is 1. The van der Waals surface area contributed by atoms with Crippen LogP contribution in [0, 0.1) is 12.8 Å². The molecule has 0 bridgehead atoms. The molecule has 114 valence electrons. The molecule has 0 fully saturated rings.